The lowest BCUT2D eigenvalue weighted by molar-refractivity contribution is -0.137. The number of hydrogen-bond acceptors (Lipinski definition) is 6. The van der Waals surface area contributed by atoms with Crippen LogP contribution in [-0.4, -0.2) is 82.2 Å². The van der Waals surface area contributed by atoms with E-state index >= 15 is 0 Å². The predicted molar refractivity (Wildman–Crippen MR) is 96.3 cm³/mol. The molecule has 0 aliphatic carbocycles. The zero-order valence-corrected chi connectivity index (χ0v) is 15.3. The SMILES string of the molecule is CC(C)(O)CN1CCN(C(=O)C2CCCN(c3ncccn3)C2)CC1. The third-order valence-electron chi connectivity index (χ3n) is 4.90. The van der Waals surface area contributed by atoms with Gasteiger partial charge < -0.3 is 14.9 Å². The Morgan fingerprint density at radius 3 is 2.52 bits per heavy atom. The molecule has 2 fully saturated rings. The Labute approximate surface area is 149 Å². The van der Waals surface area contributed by atoms with E-state index in [0.717, 1.165) is 51.5 Å². The highest BCUT2D eigenvalue weighted by Crippen LogP contribution is 2.22. The quantitative estimate of drug-likeness (QED) is 0.860. The van der Waals surface area contributed by atoms with Gasteiger partial charge >= 0.3 is 0 Å². The van der Waals surface area contributed by atoms with Crippen molar-refractivity contribution in [2.45, 2.75) is 32.3 Å². The van der Waals surface area contributed by atoms with Gasteiger partial charge in [0.05, 0.1) is 11.5 Å². The van der Waals surface area contributed by atoms with Crippen LogP contribution in [0.3, 0.4) is 0 Å². The van der Waals surface area contributed by atoms with Gasteiger partial charge in [0.1, 0.15) is 0 Å². The Morgan fingerprint density at radius 2 is 1.88 bits per heavy atom. The van der Waals surface area contributed by atoms with Crippen LogP contribution < -0.4 is 4.90 Å². The lowest BCUT2D eigenvalue weighted by Gasteiger charge is -2.40. The van der Waals surface area contributed by atoms with Crippen molar-refractivity contribution in [3.8, 4) is 0 Å². The Balaban J connectivity index is 1.53. The first-order valence-electron chi connectivity index (χ1n) is 9.18. The third kappa shape index (κ3) is 4.89. The van der Waals surface area contributed by atoms with Crippen LogP contribution in [0.15, 0.2) is 18.5 Å². The van der Waals surface area contributed by atoms with Gasteiger partial charge in [0.2, 0.25) is 11.9 Å². The molecule has 1 amide bonds. The summed E-state index contributed by atoms with van der Waals surface area (Å²) in [6.45, 7) is 9.06. The summed E-state index contributed by atoms with van der Waals surface area (Å²) >= 11 is 0. The number of nitrogens with zero attached hydrogens (tertiary/aromatic N) is 5. The van der Waals surface area contributed by atoms with Crippen LogP contribution in [0.4, 0.5) is 5.95 Å². The number of anilines is 1. The summed E-state index contributed by atoms with van der Waals surface area (Å²) in [5.41, 5.74) is -0.689. The molecule has 1 unspecified atom stereocenters. The van der Waals surface area contributed by atoms with Crippen molar-refractivity contribution in [1.29, 1.82) is 0 Å². The van der Waals surface area contributed by atoms with E-state index in [1.165, 1.54) is 0 Å². The Bertz CT molecular complexity index is 567. The number of carbonyl (C=O) groups excluding carboxylic acids is 1. The van der Waals surface area contributed by atoms with Gasteiger partial charge in [-0.25, -0.2) is 9.97 Å². The van der Waals surface area contributed by atoms with Crippen LogP contribution in [0.2, 0.25) is 0 Å². The Morgan fingerprint density at radius 1 is 1.20 bits per heavy atom. The number of piperazine rings is 1. The fourth-order valence-electron chi connectivity index (χ4n) is 3.75. The van der Waals surface area contributed by atoms with Crippen LogP contribution in [-0.2, 0) is 4.79 Å². The average molecular weight is 347 g/mol. The zero-order chi connectivity index (χ0) is 17.9. The van der Waals surface area contributed by atoms with E-state index in [-0.39, 0.29) is 11.8 Å². The van der Waals surface area contributed by atoms with E-state index in [4.69, 9.17) is 0 Å². The monoisotopic (exact) mass is 347 g/mol. The van der Waals surface area contributed by atoms with Gasteiger partial charge in [-0.1, -0.05) is 0 Å². The normalized spacial score (nSPS) is 22.9. The molecule has 25 heavy (non-hydrogen) atoms. The summed E-state index contributed by atoms with van der Waals surface area (Å²) in [5.74, 6) is 0.997. The van der Waals surface area contributed by atoms with Gasteiger partial charge in [-0.2, -0.15) is 0 Å². The molecule has 3 rings (SSSR count). The number of rotatable bonds is 4. The molecule has 0 saturated carbocycles. The first-order chi connectivity index (χ1) is 11.9. The van der Waals surface area contributed by atoms with E-state index in [1.807, 2.05) is 24.8 Å². The molecule has 3 heterocycles. The predicted octanol–water partition coefficient (Wildman–Crippen LogP) is 0.608. The number of aromatic nitrogens is 2. The van der Waals surface area contributed by atoms with Gasteiger partial charge in [-0.15, -0.1) is 0 Å². The van der Waals surface area contributed by atoms with Gasteiger partial charge in [0.15, 0.2) is 0 Å². The molecule has 1 aromatic rings. The van der Waals surface area contributed by atoms with Crippen LogP contribution in [0.5, 0.6) is 0 Å². The van der Waals surface area contributed by atoms with E-state index in [0.29, 0.717) is 13.1 Å². The highest BCUT2D eigenvalue weighted by molar-refractivity contribution is 5.79. The smallest absolute Gasteiger partial charge is 0.227 e. The molecular formula is C18H29N5O2. The molecule has 0 aromatic carbocycles. The molecule has 1 aromatic heterocycles. The van der Waals surface area contributed by atoms with Crippen molar-refractivity contribution in [3.63, 3.8) is 0 Å². The third-order valence-corrected chi connectivity index (χ3v) is 4.90. The van der Waals surface area contributed by atoms with Gasteiger partial charge in [-0.3, -0.25) is 9.69 Å². The minimum atomic E-state index is -0.689. The van der Waals surface area contributed by atoms with E-state index < -0.39 is 5.60 Å². The maximum Gasteiger partial charge on any atom is 0.227 e. The first kappa shape index (κ1) is 18.1. The van der Waals surface area contributed by atoms with Crippen molar-refractivity contribution >= 4 is 11.9 Å². The molecule has 0 radical (unpaired) electrons. The zero-order valence-electron chi connectivity index (χ0n) is 15.3. The number of β-amino-alcohol motifs (C(OH)–C–C–N with tert-alkyl or cyclic N) is 1. The topological polar surface area (TPSA) is 72.8 Å². The van der Waals surface area contributed by atoms with Crippen molar-refractivity contribution < 1.29 is 9.90 Å². The van der Waals surface area contributed by atoms with E-state index in [2.05, 4.69) is 19.8 Å². The number of amides is 1. The first-order valence-corrected chi connectivity index (χ1v) is 9.18. The summed E-state index contributed by atoms with van der Waals surface area (Å²) in [6.07, 6.45) is 5.42. The van der Waals surface area contributed by atoms with Gasteiger partial charge in [0.25, 0.3) is 0 Å². The maximum absolute atomic E-state index is 12.9. The number of aliphatic hydroxyl groups is 1. The van der Waals surface area contributed by atoms with Gasteiger partial charge in [-0.05, 0) is 32.8 Å². The molecule has 7 nitrogen and oxygen atoms in total. The molecule has 1 N–H and O–H groups in total. The number of piperidine rings is 1. The summed E-state index contributed by atoms with van der Waals surface area (Å²) in [4.78, 5) is 27.9. The summed E-state index contributed by atoms with van der Waals surface area (Å²) in [5, 5.41) is 9.95. The maximum atomic E-state index is 12.9. The number of hydrogen-bond donors (Lipinski definition) is 1. The van der Waals surface area contributed by atoms with Crippen LogP contribution >= 0.6 is 0 Å². The molecule has 2 aliphatic rings. The number of carbonyl (C=O) groups is 1. The highest BCUT2D eigenvalue weighted by atomic mass is 16.3. The fraction of sp³-hybridized carbons (Fsp3) is 0.722. The Kier molecular flexibility index (Phi) is 5.54. The molecule has 0 bridgehead atoms. The fourth-order valence-corrected chi connectivity index (χ4v) is 3.75. The largest absolute Gasteiger partial charge is 0.389 e. The van der Waals surface area contributed by atoms with E-state index in [9.17, 15) is 9.90 Å². The van der Waals surface area contributed by atoms with Crippen molar-refractivity contribution in [1.82, 2.24) is 19.8 Å². The lowest BCUT2D eigenvalue weighted by Crippen LogP contribution is -2.54. The lowest BCUT2D eigenvalue weighted by atomic mass is 9.96. The summed E-state index contributed by atoms with van der Waals surface area (Å²) in [7, 11) is 0. The highest BCUT2D eigenvalue weighted by Gasteiger charge is 2.32. The summed E-state index contributed by atoms with van der Waals surface area (Å²) in [6, 6.07) is 1.81. The van der Waals surface area contributed by atoms with Crippen molar-refractivity contribution in [2.75, 3.05) is 50.7 Å². The second-order valence-corrected chi connectivity index (χ2v) is 7.75. The van der Waals surface area contributed by atoms with E-state index in [1.54, 1.807) is 12.4 Å². The molecule has 1 atom stereocenters. The molecule has 0 spiro atoms. The van der Waals surface area contributed by atoms with Crippen LogP contribution in [0.1, 0.15) is 26.7 Å². The molecule has 7 heteroatoms. The molecule has 2 saturated heterocycles. The second-order valence-electron chi connectivity index (χ2n) is 7.75. The van der Waals surface area contributed by atoms with Crippen LogP contribution in [0, 0.1) is 5.92 Å². The summed E-state index contributed by atoms with van der Waals surface area (Å²) < 4.78 is 0. The second kappa shape index (κ2) is 7.66. The minimum Gasteiger partial charge on any atom is -0.389 e. The molecule has 138 valence electrons. The standard InChI is InChI=1S/C18H29N5O2/c1-18(2,25)14-21-9-11-22(12-10-21)16(24)15-5-3-8-23(13-15)17-19-6-4-7-20-17/h4,6-7,15,25H,3,5,8-14H2,1-2H3. The average Bonchev–Trinajstić information content (AvgIpc) is 2.61. The molecular weight excluding hydrogens is 318 g/mol. The van der Waals surface area contributed by atoms with Crippen LogP contribution in [0.25, 0.3) is 0 Å². The van der Waals surface area contributed by atoms with Crippen molar-refractivity contribution in [2.24, 2.45) is 5.92 Å². The minimum absolute atomic E-state index is 0.0263. The van der Waals surface area contributed by atoms with Gasteiger partial charge in [0, 0.05) is 58.2 Å². The molecule has 2 aliphatic heterocycles. The van der Waals surface area contributed by atoms with Crippen molar-refractivity contribution in [3.05, 3.63) is 18.5 Å². The Hall–Kier alpha value is -1.73.